The van der Waals surface area contributed by atoms with Crippen LogP contribution in [0.3, 0.4) is 0 Å². The predicted molar refractivity (Wildman–Crippen MR) is 94.5 cm³/mol. The van der Waals surface area contributed by atoms with Crippen molar-refractivity contribution in [1.29, 1.82) is 0 Å². The summed E-state index contributed by atoms with van der Waals surface area (Å²) >= 11 is 1.48. The maximum atomic E-state index is 13.8. The third-order valence-electron chi connectivity index (χ3n) is 3.37. The number of nitrogens with zero attached hydrogens (tertiary/aromatic N) is 3. The van der Waals surface area contributed by atoms with Gasteiger partial charge in [-0.1, -0.05) is 0 Å². The number of carbonyl (C=O) groups is 2. The molecule has 0 fully saturated rings. The Morgan fingerprint density at radius 1 is 1.19 bits per heavy atom. The van der Waals surface area contributed by atoms with Gasteiger partial charge in [-0.25, -0.2) is 9.37 Å². The van der Waals surface area contributed by atoms with Crippen LogP contribution >= 0.6 is 11.3 Å². The molecule has 0 saturated heterocycles. The van der Waals surface area contributed by atoms with E-state index in [1.165, 1.54) is 29.7 Å². The van der Waals surface area contributed by atoms with E-state index in [4.69, 9.17) is 0 Å². The zero-order valence-corrected chi connectivity index (χ0v) is 14.3. The Morgan fingerprint density at radius 3 is 2.81 bits per heavy atom. The van der Waals surface area contributed by atoms with Crippen LogP contribution < -0.4 is 10.6 Å². The largest absolute Gasteiger partial charge is 0.352 e. The molecule has 0 unspecified atom stereocenters. The normalized spacial score (nSPS) is 10.3. The minimum atomic E-state index is -0.633. The van der Waals surface area contributed by atoms with Crippen molar-refractivity contribution in [3.05, 3.63) is 70.2 Å². The average Bonchev–Trinajstić information content (AvgIpc) is 3.15. The highest BCUT2D eigenvalue weighted by Gasteiger charge is 2.12. The number of benzene rings is 1. The van der Waals surface area contributed by atoms with E-state index in [9.17, 15) is 14.0 Å². The van der Waals surface area contributed by atoms with Crippen molar-refractivity contribution in [1.82, 2.24) is 20.5 Å². The van der Waals surface area contributed by atoms with Gasteiger partial charge in [-0.05, 0) is 30.3 Å². The van der Waals surface area contributed by atoms with E-state index in [-0.39, 0.29) is 16.9 Å². The molecule has 3 aromatic rings. The van der Waals surface area contributed by atoms with Gasteiger partial charge >= 0.3 is 0 Å². The number of halogens is 1. The van der Waals surface area contributed by atoms with E-state index < -0.39 is 17.6 Å². The van der Waals surface area contributed by atoms with Crippen molar-refractivity contribution >= 4 is 28.8 Å². The predicted octanol–water partition coefficient (Wildman–Crippen LogP) is 2.30. The Balaban J connectivity index is 1.64. The Hall–Kier alpha value is -3.20. The second-order valence-corrected chi connectivity index (χ2v) is 6.00. The lowest BCUT2D eigenvalue weighted by Gasteiger charge is -2.08. The minimum absolute atomic E-state index is 0.0889. The van der Waals surface area contributed by atoms with Crippen molar-refractivity contribution in [3.63, 3.8) is 0 Å². The fourth-order valence-electron chi connectivity index (χ4n) is 2.18. The summed E-state index contributed by atoms with van der Waals surface area (Å²) in [5.74, 6) is -1.61. The van der Waals surface area contributed by atoms with E-state index in [1.807, 2.05) is 5.38 Å². The molecule has 0 aliphatic heterocycles. The highest BCUT2D eigenvalue weighted by Crippen LogP contribution is 2.15. The molecule has 0 aliphatic rings. The molecule has 1 aromatic carbocycles. The van der Waals surface area contributed by atoms with Crippen LogP contribution in [-0.2, 0) is 6.42 Å². The van der Waals surface area contributed by atoms with E-state index in [0.29, 0.717) is 13.0 Å². The van der Waals surface area contributed by atoms with Gasteiger partial charge in [0.1, 0.15) is 5.82 Å². The summed E-state index contributed by atoms with van der Waals surface area (Å²) in [6.45, 7) is 0.375. The minimum Gasteiger partial charge on any atom is -0.352 e. The maximum absolute atomic E-state index is 13.8. The first kappa shape index (κ1) is 17.6. The third kappa shape index (κ3) is 4.67. The van der Waals surface area contributed by atoms with Crippen molar-refractivity contribution in [3.8, 4) is 0 Å². The van der Waals surface area contributed by atoms with Crippen LogP contribution in [0, 0.1) is 5.82 Å². The zero-order chi connectivity index (χ0) is 18.4. The standard InChI is InChI=1S/C17H14FN5O2S/c18-12-6-11(16(24)19-5-3-13-9-26-10-20-13)7-14(8-12)22-17(25)15-2-1-4-21-23-15/h1-2,4,6-10H,3,5H2,(H,19,24)(H,22,25). The second kappa shape index (κ2) is 8.26. The van der Waals surface area contributed by atoms with Crippen molar-refractivity contribution < 1.29 is 14.0 Å². The zero-order valence-electron chi connectivity index (χ0n) is 13.5. The Morgan fingerprint density at radius 2 is 2.08 bits per heavy atom. The summed E-state index contributed by atoms with van der Waals surface area (Å²) in [5, 5.41) is 14.4. The van der Waals surface area contributed by atoms with Gasteiger partial charge in [0.25, 0.3) is 11.8 Å². The summed E-state index contributed by atoms with van der Waals surface area (Å²) in [6, 6.07) is 6.68. The van der Waals surface area contributed by atoms with Crippen LogP contribution in [0.5, 0.6) is 0 Å². The van der Waals surface area contributed by atoms with Gasteiger partial charge in [0.2, 0.25) is 0 Å². The summed E-state index contributed by atoms with van der Waals surface area (Å²) in [6.07, 6.45) is 2.02. The molecule has 0 radical (unpaired) electrons. The number of nitrogens with one attached hydrogen (secondary N) is 2. The lowest BCUT2D eigenvalue weighted by molar-refractivity contribution is 0.0952. The first-order chi connectivity index (χ1) is 12.6. The van der Waals surface area contributed by atoms with E-state index in [2.05, 4.69) is 25.8 Å². The first-order valence-corrected chi connectivity index (χ1v) is 8.61. The molecule has 0 bridgehead atoms. The number of rotatable bonds is 6. The lowest BCUT2D eigenvalue weighted by Crippen LogP contribution is -2.26. The number of amides is 2. The molecule has 0 atom stereocenters. The number of aromatic nitrogens is 3. The molecule has 3 rings (SSSR count). The summed E-state index contributed by atoms with van der Waals surface area (Å²) < 4.78 is 13.8. The molecule has 2 aromatic heterocycles. The van der Waals surface area contributed by atoms with E-state index in [0.717, 1.165) is 17.8 Å². The van der Waals surface area contributed by atoms with Crippen LogP contribution in [0.2, 0.25) is 0 Å². The second-order valence-electron chi connectivity index (χ2n) is 5.28. The Kier molecular flexibility index (Phi) is 5.59. The number of carbonyl (C=O) groups excluding carboxylic acids is 2. The van der Waals surface area contributed by atoms with Gasteiger partial charge in [0, 0.05) is 35.8 Å². The molecule has 7 nitrogen and oxygen atoms in total. The molecular formula is C17H14FN5O2S. The van der Waals surface area contributed by atoms with Crippen LogP contribution in [0.4, 0.5) is 10.1 Å². The fourth-order valence-corrected chi connectivity index (χ4v) is 2.77. The molecule has 0 saturated carbocycles. The molecule has 2 N–H and O–H groups in total. The van der Waals surface area contributed by atoms with Gasteiger partial charge in [-0.15, -0.1) is 16.4 Å². The van der Waals surface area contributed by atoms with Crippen LogP contribution in [0.1, 0.15) is 26.5 Å². The Bertz CT molecular complexity index is 903. The van der Waals surface area contributed by atoms with Crippen LogP contribution in [0.15, 0.2) is 47.4 Å². The average molecular weight is 371 g/mol. The number of hydrogen-bond acceptors (Lipinski definition) is 6. The summed E-state index contributed by atoms with van der Waals surface area (Å²) in [5.41, 5.74) is 2.95. The lowest BCUT2D eigenvalue weighted by atomic mass is 10.1. The van der Waals surface area contributed by atoms with Gasteiger partial charge < -0.3 is 10.6 Å². The summed E-state index contributed by atoms with van der Waals surface area (Å²) in [7, 11) is 0. The third-order valence-corrected chi connectivity index (χ3v) is 4.01. The number of anilines is 1. The van der Waals surface area contributed by atoms with E-state index in [1.54, 1.807) is 11.6 Å². The van der Waals surface area contributed by atoms with Gasteiger partial charge in [-0.3, -0.25) is 9.59 Å². The first-order valence-electron chi connectivity index (χ1n) is 7.67. The highest BCUT2D eigenvalue weighted by atomic mass is 32.1. The topological polar surface area (TPSA) is 96.9 Å². The summed E-state index contributed by atoms with van der Waals surface area (Å²) in [4.78, 5) is 28.4. The SMILES string of the molecule is O=C(NCCc1cscn1)c1cc(F)cc(NC(=O)c2cccnn2)c1. The molecular weight excluding hydrogens is 357 g/mol. The smallest absolute Gasteiger partial charge is 0.276 e. The maximum Gasteiger partial charge on any atom is 0.276 e. The number of hydrogen-bond donors (Lipinski definition) is 2. The molecule has 132 valence electrons. The van der Waals surface area contributed by atoms with Gasteiger partial charge in [-0.2, -0.15) is 5.10 Å². The molecule has 2 amide bonds. The van der Waals surface area contributed by atoms with Gasteiger partial charge in [0.15, 0.2) is 5.69 Å². The van der Waals surface area contributed by atoms with Crippen molar-refractivity contribution in [2.45, 2.75) is 6.42 Å². The van der Waals surface area contributed by atoms with Crippen molar-refractivity contribution in [2.75, 3.05) is 11.9 Å². The quantitative estimate of drug-likeness (QED) is 0.693. The monoisotopic (exact) mass is 371 g/mol. The molecule has 2 heterocycles. The van der Waals surface area contributed by atoms with Crippen LogP contribution in [-0.4, -0.2) is 33.5 Å². The van der Waals surface area contributed by atoms with Crippen LogP contribution in [0.25, 0.3) is 0 Å². The number of thiazole rings is 1. The molecule has 26 heavy (non-hydrogen) atoms. The molecule has 0 spiro atoms. The molecule has 9 heteroatoms. The van der Waals surface area contributed by atoms with Gasteiger partial charge in [0.05, 0.1) is 11.2 Å². The Labute approximate surface area is 152 Å². The van der Waals surface area contributed by atoms with Crippen molar-refractivity contribution in [2.24, 2.45) is 0 Å². The fraction of sp³-hybridized carbons (Fsp3) is 0.118. The highest BCUT2D eigenvalue weighted by molar-refractivity contribution is 7.07. The van der Waals surface area contributed by atoms with E-state index >= 15 is 0 Å². The molecule has 0 aliphatic carbocycles.